The average molecular weight is 267 g/mol. The molecule has 6 heteroatoms. The number of aromatic amines is 1. The number of H-pyrrole nitrogens is 1. The number of aromatic nitrogens is 2. The fourth-order valence-electron chi connectivity index (χ4n) is 1.89. The van der Waals surface area contributed by atoms with Crippen LogP contribution >= 0.6 is 11.3 Å². The highest BCUT2D eigenvalue weighted by Crippen LogP contribution is 2.24. The first kappa shape index (κ1) is 13.0. The maximum Gasteiger partial charge on any atom is 0.329 e. The zero-order chi connectivity index (χ0) is 13.4. The van der Waals surface area contributed by atoms with E-state index in [0.717, 1.165) is 16.9 Å². The second-order valence-corrected chi connectivity index (χ2v) is 5.73. The molecular weight excluding hydrogens is 250 g/mol. The number of thiophene rings is 1. The van der Waals surface area contributed by atoms with Gasteiger partial charge in [0, 0.05) is 17.5 Å². The van der Waals surface area contributed by atoms with Crippen LogP contribution in [-0.4, -0.2) is 15.6 Å². The summed E-state index contributed by atoms with van der Waals surface area (Å²) in [7, 11) is 0. The molecule has 0 aliphatic rings. The first-order valence-electron chi connectivity index (χ1n) is 5.94. The minimum Gasteiger partial charge on any atom is -0.326 e. The van der Waals surface area contributed by atoms with Gasteiger partial charge >= 0.3 is 5.69 Å². The summed E-state index contributed by atoms with van der Waals surface area (Å²) in [5.74, 6) is 0. The van der Waals surface area contributed by atoms with Gasteiger partial charge in [-0.15, -0.1) is 11.3 Å². The number of fused-ring (bicyclic) bond motifs is 1. The van der Waals surface area contributed by atoms with E-state index in [1.54, 1.807) is 0 Å². The molecule has 0 aliphatic carbocycles. The quantitative estimate of drug-likeness (QED) is 0.874. The predicted octanol–water partition coefficient (Wildman–Crippen LogP) is 1.11. The fourth-order valence-corrected chi connectivity index (χ4v) is 2.94. The van der Waals surface area contributed by atoms with Crippen molar-refractivity contribution in [1.82, 2.24) is 9.55 Å². The normalized spacial score (nSPS) is 13.1. The van der Waals surface area contributed by atoms with Crippen LogP contribution in [0.4, 0.5) is 0 Å². The Morgan fingerprint density at radius 2 is 2.06 bits per heavy atom. The minimum absolute atomic E-state index is 0.179. The Morgan fingerprint density at radius 3 is 2.67 bits per heavy atom. The molecule has 0 bridgehead atoms. The topological polar surface area (TPSA) is 80.9 Å². The maximum absolute atomic E-state index is 12.3. The third-order valence-corrected chi connectivity index (χ3v) is 4.37. The van der Waals surface area contributed by atoms with Crippen LogP contribution in [0.15, 0.2) is 9.59 Å². The molecule has 0 aliphatic heterocycles. The molecule has 0 radical (unpaired) electrons. The molecule has 1 atom stereocenters. The summed E-state index contributed by atoms with van der Waals surface area (Å²) in [6.07, 6.45) is 0.728. The zero-order valence-electron chi connectivity index (χ0n) is 10.7. The summed E-state index contributed by atoms with van der Waals surface area (Å²) in [4.78, 5) is 28.7. The van der Waals surface area contributed by atoms with Gasteiger partial charge in [0.1, 0.15) is 4.83 Å². The minimum atomic E-state index is -0.377. The Kier molecular flexibility index (Phi) is 3.41. The van der Waals surface area contributed by atoms with Crippen LogP contribution in [0, 0.1) is 13.8 Å². The van der Waals surface area contributed by atoms with Crippen molar-refractivity contribution in [3.8, 4) is 0 Å². The molecule has 1 unspecified atom stereocenters. The lowest BCUT2D eigenvalue weighted by molar-refractivity contribution is 0.513. The lowest BCUT2D eigenvalue weighted by Crippen LogP contribution is -2.40. The Labute approximate surface area is 108 Å². The summed E-state index contributed by atoms with van der Waals surface area (Å²) in [5, 5.41) is 0.611. The van der Waals surface area contributed by atoms with E-state index in [4.69, 9.17) is 5.73 Å². The van der Waals surface area contributed by atoms with Gasteiger partial charge in [0.15, 0.2) is 0 Å². The summed E-state index contributed by atoms with van der Waals surface area (Å²) in [6.45, 7) is 6.04. The molecule has 18 heavy (non-hydrogen) atoms. The van der Waals surface area contributed by atoms with Crippen molar-refractivity contribution in [2.75, 3.05) is 0 Å². The Balaban J connectivity index is 2.72. The molecule has 0 saturated heterocycles. The molecule has 3 N–H and O–H groups in total. The van der Waals surface area contributed by atoms with Crippen LogP contribution in [0.3, 0.4) is 0 Å². The molecule has 5 nitrogen and oxygen atoms in total. The van der Waals surface area contributed by atoms with Crippen LogP contribution in [0.2, 0.25) is 0 Å². The Bertz CT molecular complexity index is 696. The molecule has 2 aromatic heterocycles. The van der Waals surface area contributed by atoms with E-state index in [0.29, 0.717) is 10.2 Å². The van der Waals surface area contributed by atoms with Gasteiger partial charge in [-0.05, 0) is 25.8 Å². The second-order valence-electron chi connectivity index (χ2n) is 4.50. The lowest BCUT2D eigenvalue weighted by atomic mass is 10.2. The van der Waals surface area contributed by atoms with E-state index in [9.17, 15) is 9.59 Å². The standard InChI is InChI=1S/C12H17N3O2S/c1-4-8(13)5-15-11(16)9-6(2)7(3)18-10(9)14-12(15)17/h8H,4-5,13H2,1-3H3,(H,14,17). The highest BCUT2D eigenvalue weighted by Gasteiger charge is 2.15. The third kappa shape index (κ3) is 2.02. The molecule has 98 valence electrons. The number of nitrogens with one attached hydrogen (secondary N) is 1. The Hall–Kier alpha value is -1.40. The molecule has 0 spiro atoms. The van der Waals surface area contributed by atoms with E-state index in [1.807, 2.05) is 20.8 Å². The van der Waals surface area contributed by atoms with Crippen molar-refractivity contribution in [1.29, 1.82) is 0 Å². The van der Waals surface area contributed by atoms with Crippen molar-refractivity contribution in [2.45, 2.75) is 39.8 Å². The van der Waals surface area contributed by atoms with Gasteiger partial charge < -0.3 is 5.73 Å². The summed E-state index contributed by atoms with van der Waals surface area (Å²) in [5.41, 5.74) is 6.15. The Morgan fingerprint density at radius 1 is 1.39 bits per heavy atom. The smallest absolute Gasteiger partial charge is 0.326 e. The fraction of sp³-hybridized carbons (Fsp3) is 0.500. The highest BCUT2D eigenvalue weighted by molar-refractivity contribution is 7.18. The van der Waals surface area contributed by atoms with E-state index in [1.165, 1.54) is 15.9 Å². The van der Waals surface area contributed by atoms with Crippen molar-refractivity contribution in [3.05, 3.63) is 31.3 Å². The largest absolute Gasteiger partial charge is 0.329 e. The maximum atomic E-state index is 12.3. The first-order chi connectivity index (χ1) is 8.45. The van der Waals surface area contributed by atoms with Crippen LogP contribution in [0.5, 0.6) is 0 Å². The number of aryl methyl sites for hydroxylation is 2. The SMILES string of the molecule is CCC(N)Cn1c(=O)[nH]c2sc(C)c(C)c2c1=O. The molecule has 2 aromatic rings. The van der Waals surface area contributed by atoms with Gasteiger partial charge in [0.25, 0.3) is 5.56 Å². The van der Waals surface area contributed by atoms with E-state index < -0.39 is 0 Å². The molecular formula is C12H17N3O2S. The van der Waals surface area contributed by atoms with Gasteiger partial charge in [0.05, 0.1) is 5.39 Å². The number of hydrogen-bond donors (Lipinski definition) is 2. The molecule has 0 amide bonds. The van der Waals surface area contributed by atoms with E-state index in [-0.39, 0.29) is 23.8 Å². The number of rotatable bonds is 3. The molecule has 2 heterocycles. The zero-order valence-corrected chi connectivity index (χ0v) is 11.6. The van der Waals surface area contributed by atoms with Crippen LogP contribution in [0.25, 0.3) is 10.2 Å². The molecule has 0 fully saturated rings. The predicted molar refractivity (Wildman–Crippen MR) is 74.4 cm³/mol. The van der Waals surface area contributed by atoms with E-state index in [2.05, 4.69) is 4.98 Å². The second kappa shape index (κ2) is 4.70. The average Bonchev–Trinajstić information content (AvgIpc) is 2.60. The van der Waals surface area contributed by atoms with Crippen LogP contribution in [-0.2, 0) is 6.54 Å². The van der Waals surface area contributed by atoms with Crippen molar-refractivity contribution in [3.63, 3.8) is 0 Å². The van der Waals surface area contributed by atoms with Gasteiger partial charge in [0.2, 0.25) is 0 Å². The third-order valence-electron chi connectivity index (χ3n) is 3.25. The monoisotopic (exact) mass is 267 g/mol. The van der Waals surface area contributed by atoms with Crippen molar-refractivity contribution < 1.29 is 0 Å². The highest BCUT2D eigenvalue weighted by atomic mass is 32.1. The molecule has 0 aromatic carbocycles. The summed E-state index contributed by atoms with van der Waals surface area (Å²) < 4.78 is 1.20. The number of nitrogens with zero attached hydrogens (tertiary/aromatic N) is 1. The molecule has 2 rings (SSSR count). The van der Waals surface area contributed by atoms with Gasteiger partial charge in [-0.2, -0.15) is 0 Å². The van der Waals surface area contributed by atoms with Crippen LogP contribution < -0.4 is 17.0 Å². The van der Waals surface area contributed by atoms with Gasteiger partial charge in [-0.1, -0.05) is 6.92 Å². The number of hydrogen-bond acceptors (Lipinski definition) is 4. The molecule has 0 saturated carbocycles. The van der Waals surface area contributed by atoms with E-state index >= 15 is 0 Å². The van der Waals surface area contributed by atoms with Crippen LogP contribution in [0.1, 0.15) is 23.8 Å². The van der Waals surface area contributed by atoms with Gasteiger partial charge in [-0.3, -0.25) is 14.3 Å². The summed E-state index contributed by atoms with van der Waals surface area (Å²) >= 11 is 1.44. The first-order valence-corrected chi connectivity index (χ1v) is 6.75. The van der Waals surface area contributed by atoms with Crippen molar-refractivity contribution in [2.24, 2.45) is 5.73 Å². The summed E-state index contributed by atoms with van der Waals surface area (Å²) in [6, 6.07) is -0.179. The van der Waals surface area contributed by atoms with Gasteiger partial charge in [-0.25, -0.2) is 4.79 Å². The lowest BCUT2D eigenvalue weighted by Gasteiger charge is -2.10. The number of nitrogens with two attached hydrogens (primary N) is 1. The van der Waals surface area contributed by atoms with Crippen molar-refractivity contribution >= 4 is 21.6 Å².